The van der Waals surface area contributed by atoms with Crippen molar-refractivity contribution in [2.24, 2.45) is 0 Å². The van der Waals surface area contributed by atoms with Crippen LogP contribution >= 0.6 is 46.6 Å². The highest BCUT2D eigenvalue weighted by atomic mass is 35.5. The molecule has 5 nitrogen and oxygen atoms in total. The van der Waals surface area contributed by atoms with Crippen LogP contribution in [0.3, 0.4) is 0 Å². The molecule has 1 heterocycles. The number of thioether (sulfide) groups is 1. The summed E-state index contributed by atoms with van der Waals surface area (Å²) in [6.07, 6.45) is 0. The Bertz CT molecular complexity index is 1290. The fourth-order valence-corrected chi connectivity index (χ4v) is 4.68. The van der Waals surface area contributed by atoms with Crippen molar-refractivity contribution >= 4 is 52.5 Å². The van der Waals surface area contributed by atoms with Gasteiger partial charge in [-0.1, -0.05) is 77.4 Å². The van der Waals surface area contributed by atoms with Gasteiger partial charge in [0, 0.05) is 10.8 Å². The van der Waals surface area contributed by atoms with E-state index < -0.39 is 5.38 Å². The van der Waals surface area contributed by atoms with E-state index in [2.05, 4.69) is 15.5 Å². The Hall–Kier alpha value is -2.58. The fraction of sp³-hybridized carbons (Fsp3) is 0.125. The van der Waals surface area contributed by atoms with Gasteiger partial charge >= 0.3 is 0 Å². The van der Waals surface area contributed by atoms with Gasteiger partial charge in [-0.2, -0.15) is 0 Å². The maximum Gasteiger partial charge on any atom is 0.242 e. The number of hydrogen-bond donors (Lipinski definition) is 1. The van der Waals surface area contributed by atoms with Crippen molar-refractivity contribution in [3.8, 4) is 5.69 Å². The number of hydrogen-bond acceptors (Lipinski definition) is 4. The maximum absolute atomic E-state index is 13.2. The van der Waals surface area contributed by atoms with Gasteiger partial charge in [-0.05, 0) is 41.5 Å². The molecule has 3 aromatic carbocycles. The van der Waals surface area contributed by atoms with Crippen molar-refractivity contribution in [3.05, 3.63) is 106 Å². The van der Waals surface area contributed by atoms with Crippen molar-refractivity contribution in [1.29, 1.82) is 0 Å². The molecule has 0 saturated carbocycles. The lowest BCUT2D eigenvalue weighted by Crippen LogP contribution is -2.28. The molecule has 10 heteroatoms. The van der Waals surface area contributed by atoms with Crippen LogP contribution in [-0.2, 0) is 17.1 Å². The van der Waals surface area contributed by atoms with Crippen LogP contribution in [0.1, 0.15) is 22.3 Å². The number of aromatic nitrogens is 3. The lowest BCUT2D eigenvalue weighted by Gasteiger charge is -2.14. The van der Waals surface area contributed by atoms with E-state index >= 15 is 0 Å². The monoisotopic (exact) mass is 534 g/mol. The summed E-state index contributed by atoms with van der Waals surface area (Å²) in [5.74, 6) is 0.325. The zero-order valence-electron chi connectivity index (χ0n) is 17.6. The number of amides is 1. The highest BCUT2D eigenvalue weighted by Gasteiger charge is 2.21. The molecule has 0 aliphatic heterocycles. The van der Waals surface area contributed by atoms with Gasteiger partial charge in [0.15, 0.2) is 11.0 Å². The van der Waals surface area contributed by atoms with Crippen molar-refractivity contribution in [2.75, 3.05) is 0 Å². The second-order valence-corrected chi connectivity index (χ2v) is 9.46. The van der Waals surface area contributed by atoms with Gasteiger partial charge in [-0.15, -0.1) is 21.8 Å². The van der Waals surface area contributed by atoms with E-state index in [9.17, 15) is 9.18 Å². The van der Waals surface area contributed by atoms with Crippen molar-refractivity contribution in [1.82, 2.24) is 20.1 Å². The van der Waals surface area contributed by atoms with Gasteiger partial charge in [0.1, 0.15) is 11.2 Å². The van der Waals surface area contributed by atoms with Crippen LogP contribution in [0.25, 0.3) is 5.69 Å². The number of halogens is 4. The van der Waals surface area contributed by atoms with Crippen molar-refractivity contribution in [3.63, 3.8) is 0 Å². The molecule has 174 valence electrons. The summed E-state index contributed by atoms with van der Waals surface area (Å²) in [5, 5.41) is 12.0. The minimum absolute atomic E-state index is 0.0713. The molecule has 4 rings (SSSR count). The summed E-state index contributed by atoms with van der Waals surface area (Å²) in [7, 11) is 0. The van der Waals surface area contributed by atoms with E-state index in [1.165, 1.54) is 23.9 Å². The first-order chi connectivity index (χ1) is 16.4. The Morgan fingerprint density at radius 1 is 1.03 bits per heavy atom. The fourth-order valence-electron chi connectivity index (χ4n) is 3.17. The second-order valence-electron chi connectivity index (χ2n) is 7.24. The van der Waals surface area contributed by atoms with E-state index in [4.69, 9.17) is 34.8 Å². The van der Waals surface area contributed by atoms with E-state index in [0.29, 0.717) is 38.0 Å². The molecule has 0 aliphatic carbocycles. The van der Waals surface area contributed by atoms with Gasteiger partial charge in [0.05, 0.1) is 17.3 Å². The first-order valence-electron chi connectivity index (χ1n) is 10.2. The van der Waals surface area contributed by atoms with Gasteiger partial charge < -0.3 is 5.32 Å². The molecule has 1 N–H and O–H groups in total. The Balaban J connectivity index is 1.58. The molecule has 1 atom stereocenters. The van der Waals surface area contributed by atoms with Crippen LogP contribution in [-0.4, -0.2) is 20.7 Å². The molecule has 4 aromatic rings. The maximum atomic E-state index is 13.2. The average Bonchev–Trinajstić information content (AvgIpc) is 3.26. The number of benzene rings is 3. The highest BCUT2D eigenvalue weighted by Crippen LogP contribution is 2.31. The quantitative estimate of drug-likeness (QED) is 0.204. The summed E-state index contributed by atoms with van der Waals surface area (Å²) in [6, 6.07) is 20.4. The predicted molar refractivity (Wildman–Crippen MR) is 134 cm³/mol. The predicted octanol–water partition coefficient (Wildman–Crippen LogP) is 6.60. The van der Waals surface area contributed by atoms with E-state index in [0.717, 1.165) is 5.56 Å². The number of nitrogens with one attached hydrogen (secondary N) is 1. The molecule has 0 bridgehead atoms. The van der Waals surface area contributed by atoms with Gasteiger partial charge in [-0.3, -0.25) is 9.36 Å². The Kier molecular flexibility index (Phi) is 8.11. The minimum atomic E-state index is -0.848. The van der Waals surface area contributed by atoms with E-state index in [-0.39, 0.29) is 18.3 Å². The third-order valence-electron chi connectivity index (χ3n) is 4.87. The summed E-state index contributed by atoms with van der Waals surface area (Å²) < 4.78 is 15.0. The minimum Gasteiger partial charge on any atom is -0.347 e. The zero-order valence-corrected chi connectivity index (χ0v) is 20.7. The van der Waals surface area contributed by atoms with Crippen LogP contribution in [0.15, 0.2) is 78.0 Å². The number of rotatable bonds is 8. The Morgan fingerprint density at radius 3 is 2.50 bits per heavy atom. The van der Waals surface area contributed by atoms with Crippen LogP contribution < -0.4 is 5.32 Å². The summed E-state index contributed by atoms with van der Waals surface area (Å²) in [5.41, 5.74) is 2.19. The summed E-state index contributed by atoms with van der Waals surface area (Å²) in [6.45, 7) is 0.0713. The standard InChI is InChI=1S/C24H18Cl3FN4OS/c25-17-8-11-19(26)20(12-17)32-21(13-29-23(33)22(27)16-4-2-1-3-5-16)30-31-24(32)34-14-15-6-9-18(28)10-7-15/h1-12,22H,13-14H2,(H,29,33). The van der Waals surface area contributed by atoms with Crippen LogP contribution in [0.5, 0.6) is 0 Å². The lowest BCUT2D eigenvalue weighted by molar-refractivity contribution is -0.121. The third kappa shape index (κ3) is 5.91. The van der Waals surface area contributed by atoms with Crippen molar-refractivity contribution in [2.45, 2.75) is 22.8 Å². The number of carbonyl (C=O) groups is 1. The molecule has 0 fully saturated rings. The molecule has 34 heavy (non-hydrogen) atoms. The topological polar surface area (TPSA) is 59.8 Å². The zero-order chi connectivity index (χ0) is 24.1. The summed E-state index contributed by atoms with van der Waals surface area (Å²) >= 11 is 20.4. The number of nitrogens with zero attached hydrogens (tertiary/aromatic N) is 3. The van der Waals surface area contributed by atoms with Crippen LogP contribution in [0.4, 0.5) is 4.39 Å². The Labute approximate surface area is 215 Å². The SMILES string of the molecule is O=C(NCc1nnc(SCc2ccc(F)cc2)n1-c1cc(Cl)ccc1Cl)C(Cl)c1ccccc1. The molecular weight excluding hydrogens is 518 g/mol. The molecule has 1 unspecified atom stereocenters. The number of alkyl halides is 1. The van der Waals surface area contributed by atoms with Crippen molar-refractivity contribution < 1.29 is 9.18 Å². The van der Waals surface area contributed by atoms with Crippen LogP contribution in [0.2, 0.25) is 10.0 Å². The number of carbonyl (C=O) groups excluding carboxylic acids is 1. The molecule has 1 amide bonds. The van der Waals surface area contributed by atoms with Gasteiger partial charge in [-0.25, -0.2) is 4.39 Å². The van der Waals surface area contributed by atoms with Gasteiger partial charge in [0.2, 0.25) is 5.91 Å². The van der Waals surface area contributed by atoms with Gasteiger partial charge in [0.25, 0.3) is 0 Å². The third-order valence-corrected chi connectivity index (χ3v) is 6.88. The van der Waals surface area contributed by atoms with E-state index in [1.807, 2.05) is 18.2 Å². The lowest BCUT2D eigenvalue weighted by atomic mass is 10.1. The first kappa shape index (κ1) is 24.5. The average molecular weight is 536 g/mol. The molecule has 0 spiro atoms. The molecule has 0 aliphatic rings. The van der Waals surface area contributed by atoms with E-state index in [1.54, 1.807) is 47.0 Å². The smallest absolute Gasteiger partial charge is 0.242 e. The highest BCUT2D eigenvalue weighted by molar-refractivity contribution is 7.98. The second kappa shape index (κ2) is 11.2. The molecule has 0 radical (unpaired) electrons. The van der Waals surface area contributed by atoms with Crippen LogP contribution in [0, 0.1) is 5.82 Å². The molecular formula is C24H18Cl3FN4OS. The summed E-state index contributed by atoms with van der Waals surface area (Å²) in [4.78, 5) is 12.6. The molecule has 1 aromatic heterocycles. The first-order valence-corrected chi connectivity index (χ1v) is 12.3. The molecule has 0 saturated heterocycles. The largest absolute Gasteiger partial charge is 0.347 e. The normalized spacial score (nSPS) is 11.9. The Morgan fingerprint density at radius 2 is 1.76 bits per heavy atom.